The first-order valence-corrected chi connectivity index (χ1v) is 5.18. The second kappa shape index (κ2) is 4.86. The van der Waals surface area contributed by atoms with Gasteiger partial charge in [0.25, 0.3) is 5.56 Å². The van der Waals surface area contributed by atoms with Crippen molar-refractivity contribution in [3.8, 4) is 0 Å². The molecule has 0 aliphatic carbocycles. The number of aryl methyl sites for hydroxylation is 1. The Balaban J connectivity index is 3.20. The minimum atomic E-state index is -0.633. The van der Waals surface area contributed by atoms with Crippen molar-refractivity contribution in [3.63, 3.8) is 0 Å². The molecule has 0 aliphatic rings. The molecule has 1 amide bonds. The van der Waals surface area contributed by atoms with Crippen LogP contribution in [0.2, 0.25) is 0 Å². The highest BCUT2D eigenvalue weighted by atomic mass is 16.2. The zero-order chi connectivity index (χ0) is 13.2. The van der Waals surface area contributed by atoms with E-state index < -0.39 is 11.2 Å². The summed E-state index contributed by atoms with van der Waals surface area (Å²) in [7, 11) is 3.08. The van der Waals surface area contributed by atoms with Crippen molar-refractivity contribution in [2.45, 2.75) is 13.5 Å². The Morgan fingerprint density at radius 2 is 2.06 bits per heavy atom. The molecule has 1 aromatic heterocycles. The van der Waals surface area contributed by atoms with Gasteiger partial charge in [-0.2, -0.15) is 0 Å². The monoisotopic (exact) mass is 240 g/mol. The van der Waals surface area contributed by atoms with Crippen molar-refractivity contribution in [1.29, 1.82) is 0 Å². The minimum absolute atomic E-state index is 0.0564. The quantitative estimate of drug-likeness (QED) is 0.704. The van der Waals surface area contributed by atoms with Gasteiger partial charge in [0, 0.05) is 26.8 Å². The molecule has 1 aromatic rings. The lowest BCUT2D eigenvalue weighted by Crippen LogP contribution is -2.44. The summed E-state index contributed by atoms with van der Waals surface area (Å²) in [5.41, 5.74) is 4.21. The molecule has 94 valence electrons. The largest absolute Gasteiger partial charge is 0.393 e. The van der Waals surface area contributed by atoms with E-state index in [1.54, 1.807) is 14.0 Å². The van der Waals surface area contributed by atoms with Gasteiger partial charge in [0.2, 0.25) is 5.91 Å². The molecule has 0 radical (unpaired) electrons. The third-order valence-electron chi connectivity index (χ3n) is 2.55. The topological polar surface area (TPSA) is 90.3 Å². The van der Waals surface area contributed by atoms with Crippen molar-refractivity contribution >= 4 is 11.6 Å². The molecule has 0 unspecified atom stereocenters. The fourth-order valence-corrected chi connectivity index (χ4v) is 1.32. The van der Waals surface area contributed by atoms with Crippen molar-refractivity contribution < 1.29 is 4.79 Å². The maximum atomic E-state index is 11.7. The summed E-state index contributed by atoms with van der Waals surface area (Å²) in [6, 6.07) is 0. The van der Waals surface area contributed by atoms with Crippen LogP contribution in [0.3, 0.4) is 0 Å². The third-order valence-corrected chi connectivity index (χ3v) is 2.55. The average Bonchev–Trinajstić information content (AvgIpc) is 2.30. The van der Waals surface area contributed by atoms with Crippen LogP contribution in [0.25, 0.3) is 0 Å². The van der Waals surface area contributed by atoms with Gasteiger partial charge in [0.05, 0.1) is 0 Å². The molecular formula is C10H16N4O3. The molecule has 0 saturated heterocycles. The summed E-state index contributed by atoms with van der Waals surface area (Å²) in [6.45, 7) is 2.02. The predicted octanol–water partition coefficient (Wildman–Crippen LogP) is -1.39. The van der Waals surface area contributed by atoms with Gasteiger partial charge in [0.15, 0.2) is 0 Å². The summed E-state index contributed by atoms with van der Waals surface area (Å²) in [5, 5.41) is 0. The summed E-state index contributed by atoms with van der Waals surface area (Å²) in [4.78, 5) is 36.4. The van der Waals surface area contributed by atoms with E-state index in [2.05, 4.69) is 0 Å². The van der Waals surface area contributed by atoms with Gasteiger partial charge in [-0.25, -0.2) is 9.36 Å². The van der Waals surface area contributed by atoms with Gasteiger partial charge in [-0.3, -0.25) is 9.59 Å². The molecule has 0 spiro atoms. The van der Waals surface area contributed by atoms with E-state index in [0.717, 1.165) is 4.57 Å². The van der Waals surface area contributed by atoms with E-state index >= 15 is 0 Å². The summed E-state index contributed by atoms with van der Waals surface area (Å²) < 4.78 is 2.01. The molecule has 2 N–H and O–H groups in total. The number of hydrogen-bond acceptors (Lipinski definition) is 4. The van der Waals surface area contributed by atoms with E-state index in [1.165, 1.54) is 22.7 Å². The zero-order valence-corrected chi connectivity index (χ0v) is 10.1. The molecule has 0 fully saturated rings. The summed E-state index contributed by atoms with van der Waals surface area (Å²) in [5.74, 6) is -0.308. The van der Waals surface area contributed by atoms with Crippen LogP contribution in [0.15, 0.2) is 15.8 Å². The number of carbonyl (C=O) groups excluding carboxylic acids is 1. The Bertz CT molecular complexity index is 509. The van der Waals surface area contributed by atoms with Gasteiger partial charge in [0.1, 0.15) is 12.2 Å². The van der Waals surface area contributed by atoms with E-state index in [9.17, 15) is 14.4 Å². The highest BCUT2D eigenvalue weighted by Crippen LogP contribution is 1.90. The first-order valence-electron chi connectivity index (χ1n) is 5.18. The predicted molar refractivity (Wildman–Crippen MR) is 63.7 cm³/mol. The van der Waals surface area contributed by atoms with Gasteiger partial charge < -0.3 is 15.2 Å². The van der Waals surface area contributed by atoms with Crippen molar-refractivity contribution in [2.24, 2.45) is 7.05 Å². The van der Waals surface area contributed by atoms with Crippen LogP contribution in [0.5, 0.6) is 0 Å². The number of nitrogen functional groups attached to an aromatic ring is 1. The van der Waals surface area contributed by atoms with Crippen LogP contribution in [0, 0.1) is 0 Å². The van der Waals surface area contributed by atoms with Gasteiger partial charge in [-0.05, 0) is 6.92 Å². The first-order chi connectivity index (χ1) is 7.88. The molecule has 0 aliphatic heterocycles. The fourth-order valence-electron chi connectivity index (χ4n) is 1.32. The Labute approximate surface area is 98.1 Å². The number of anilines is 1. The summed E-state index contributed by atoms with van der Waals surface area (Å²) in [6.07, 6.45) is 1.25. The van der Waals surface area contributed by atoms with E-state index in [4.69, 9.17) is 5.73 Å². The zero-order valence-electron chi connectivity index (χ0n) is 10.1. The highest BCUT2D eigenvalue weighted by molar-refractivity contribution is 5.75. The number of likely N-dealkylation sites (N-methyl/N-ethyl adjacent to an activating group) is 1. The molecule has 0 atom stereocenters. The molecule has 0 aromatic carbocycles. The van der Waals surface area contributed by atoms with Crippen LogP contribution >= 0.6 is 0 Å². The SMILES string of the molecule is CCN(C)C(=O)Cn1c(=O)c(N)cn(C)c1=O. The lowest BCUT2D eigenvalue weighted by atomic mass is 10.4. The van der Waals surface area contributed by atoms with Gasteiger partial charge in [-0.15, -0.1) is 0 Å². The number of rotatable bonds is 3. The maximum absolute atomic E-state index is 11.7. The van der Waals surface area contributed by atoms with Gasteiger partial charge in [-0.1, -0.05) is 0 Å². The Kier molecular flexibility index (Phi) is 3.72. The molecule has 1 heterocycles. The smallest absolute Gasteiger partial charge is 0.331 e. The van der Waals surface area contributed by atoms with Crippen LogP contribution in [0.1, 0.15) is 6.92 Å². The van der Waals surface area contributed by atoms with Crippen molar-refractivity contribution in [1.82, 2.24) is 14.0 Å². The summed E-state index contributed by atoms with van der Waals surface area (Å²) >= 11 is 0. The number of amides is 1. The number of hydrogen-bond donors (Lipinski definition) is 1. The van der Waals surface area contributed by atoms with Crippen LogP contribution in [-0.4, -0.2) is 33.5 Å². The molecule has 7 heteroatoms. The first kappa shape index (κ1) is 13.0. The van der Waals surface area contributed by atoms with Crippen molar-refractivity contribution in [3.05, 3.63) is 27.0 Å². The second-order valence-electron chi connectivity index (χ2n) is 3.78. The Morgan fingerprint density at radius 3 is 2.59 bits per heavy atom. The van der Waals surface area contributed by atoms with E-state index in [0.29, 0.717) is 6.54 Å². The molecular weight excluding hydrogens is 224 g/mol. The molecule has 1 rings (SSSR count). The average molecular weight is 240 g/mol. The van der Waals surface area contributed by atoms with Crippen LogP contribution in [0.4, 0.5) is 5.69 Å². The van der Waals surface area contributed by atoms with Crippen LogP contribution < -0.4 is 17.0 Å². The normalized spacial score (nSPS) is 10.3. The van der Waals surface area contributed by atoms with Crippen LogP contribution in [-0.2, 0) is 18.4 Å². The lowest BCUT2D eigenvalue weighted by molar-refractivity contribution is -0.130. The van der Waals surface area contributed by atoms with E-state index in [1.807, 2.05) is 0 Å². The van der Waals surface area contributed by atoms with Crippen molar-refractivity contribution in [2.75, 3.05) is 19.3 Å². The molecule has 0 bridgehead atoms. The second-order valence-corrected chi connectivity index (χ2v) is 3.78. The Morgan fingerprint density at radius 1 is 1.47 bits per heavy atom. The maximum Gasteiger partial charge on any atom is 0.331 e. The number of carbonyl (C=O) groups is 1. The molecule has 0 saturated carbocycles. The fraction of sp³-hybridized carbons (Fsp3) is 0.500. The lowest BCUT2D eigenvalue weighted by Gasteiger charge is -2.15. The standard InChI is InChI=1S/C10H16N4O3/c1-4-12(2)8(15)6-14-9(16)7(11)5-13(3)10(14)17/h5H,4,6,11H2,1-3H3. The number of aromatic nitrogens is 2. The third kappa shape index (κ3) is 2.55. The Hall–Kier alpha value is -2.05. The molecule has 17 heavy (non-hydrogen) atoms. The number of nitrogens with zero attached hydrogens (tertiary/aromatic N) is 3. The minimum Gasteiger partial charge on any atom is -0.393 e. The number of nitrogens with two attached hydrogens (primary N) is 1. The highest BCUT2D eigenvalue weighted by Gasteiger charge is 2.13. The van der Waals surface area contributed by atoms with Gasteiger partial charge >= 0.3 is 5.69 Å². The molecule has 7 nitrogen and oxygen atoms in total. The van der Waals surface area contributed by atoms with E-state index in [-0.39, 0.29) is 18.1 Å².